The van der Waals surface area contributed by atoms with E-state index in [4.69, 9.17) is 0 Å². The predicted octanol–water partition coefficient (Wildman–Crippen LogP) is 2.19. The summed E-state index contributed by atoms with van der Waals surface area (Å²) >= 11 is 0. The number of halogens is 3. The Kier molecular flexibility index (Phi) is 4.47. The second kappa shape index (κ2) is 6.71. The monoisotopic (exact) mass is 394 g/mol. The number of hydrogen-bond acceptors (Lipinski definition) is 6. The molecule has 0 N–H and O–H groups in total. The molecule has 1 aliphatic heterocycles. The molecule has 0 aliphatic carbocycles. The Morgan fingerprint density at radius 2 is 1.93 bits per heavy atom. The minimum atomic E-state index is -4.28. The number of alkyl halides is 3. The van der Waals surface area contributed by atoms with Gasteiger partial charge in [0.05, 0.1) is 0 Å². The van der Waals surface area contributed by atoms with Crippen molar-refractivity contribution in [1.82, 2.24) is 34.3 Å². The van der Waals surface area contributed by atoms with Gasteiger partial charge in [-0.05, 0) is 26.7 Å². The van der Waals surface area contributed by atoms with Crippen LogP contribution in [0.2, 0.25) is 0 Å². The van der Waals surface area contributed by atoms with Gasteiger partial charge < -0.3 is 4.90 Å². The van der Waals surface area contributed by atoms with Gasteiger partial charge in [0.25, 0.3) is 0 Å². The fourth-order valence-electron chi connectivity index (χ4n) is 3.56. The molecule has 1 fully saturated rings. The van der Waals surface area contributed by atoms with Crippen molar-refractivity contribution in [3.05, 3.63) is 29.2 Å². The number of aryl methyl sites for hydroxylation is 5. The first-order valence-corrected chi connectivity index (χ1v) is 9.15. The van der Waals surface area contributed by atoms with Crippen LogP contribution in [-0.4, -0.2) is 53.1 Å². The lowest BCUT2D eigenvalue weighted by Gasteiger charge is -2.25. The van der Waals surface area contributed by atoms with Gasteiger partial charge >= 0.3 is 6.18 Å². The summed E-state index contributed by atoms with van der Waals surface area (Å²) in [5.41, 5.74) is 1.68. The number of hydrogen-bond donors (Lipinski definition) is 0. The smallest absolute Gasteiger partial charge is 0.327 e. The molecule has 150 valence electrons. The molecule has 3 aromatic heterocycles. The molecule has 1 aliphatic rings. The first-order valence-electron chi connectivity index (χ1n) is 9.15. The highest BCUT2D eigenvalue weighted by atomic mass is 19.4. The minimum absolute atomic E-state index is 0.0784. The number of aromatic nitrogens is 7. The zero-order valence-corrected chi connectivity index (χ0v) is 15.9. The molecular formula is C17H21F3N8. The molecule has 4 heterocycles. The van der Waals surface area contributed by atoms with Crippen LogP contribution in [0, 0.1) is 13.8 Å². The van der Waals surface area contributed by atoms with Crippen LogP contribution in [0.25, 0.3) is 5.65 Å². The Labute approximate surface area is 159 Å². The molecule has 0 aromatic carbocycles. The summed E-state index contributed by atoms with van der Waals surface area (Å²) in [6.45, 7) is 4.09. The van der Waals surface area contributed by atoms with Gasteiger partial charge in [0, 0.05) is 38.2 Å². The summed E-state index contributed by atoms with van der Waals surface area (Å²) in [6.07, 6.45) is -0.971. The topological polar surface area (TPSA) is 77.0 Å². The third kappa shape index (κ3) is 3.29. The van der Waals surface area contributed by atoms with E-state index in [2.05, 4.69) is 25.1 Å². The molecule has 11 heteroatoms. The average molecular weight is 394 g/mol. The first-order chi connectivity index (χ1) is 13.2. The highest BCUT2D eigenvalue weighted by Gasteiger charge is 2.47. The number of rotatable bonds is 4. The summed E-state index contributed by atoms with van der Waals surface area (Å²) in [4.78, 5) is 14.4. The van der Waals surface area contributed by atoms with Crippen molar-refractivity contribution < 1.29 is 13.2 Å². The lowest BCUT2D eigenvalue weighted by molar-refractivity contribution is -0.146. The van der Waals surface area contributed by atoms with E-state index in [1.807, 2.05) is 13.8 Å². The van der Waals surface area contributed by atoms with Crippen molar-refractivity contribution in [2.24, 2.45) is 7.05 Å². The van der Waals surface area contributed by atoms with Crippen LogP contribution in [0.1, 0.15) is 35.9 Å². The maximum absolute atomic E-state index is 13.2. The Morgan fingerprint density at radius 1 is 1.14 bits per heavy atom. The molecule has 0 spiro atoms. The maximum Gasteiger partial charge on any atom is 0.408 e. The van der Waals surface area contributed by atoms with Gasteiger partial charge in [-0.25, -0.2) is 9.97 Å². The lowest BCUT2D eigenvalue weighted by Crippen LogP contribution is -2.41. The summed E-state index contributed by atoms with van der Waals surface area (Å²) < 4.78 is 42.9. The SMILES string of the molecule is Cc1cnc(C)n2nc(CCc3nc(N4CCC[C@@H]4C(F)(F)F)nn3C)nc12. The van der Waals surface area contributed by atoms with Crippen LogP contribution >= 0.6 is 0 Å². The van der Waals surface area contributed by atoms with Crippen LogP contribution in [0.4, 0.5) is 19.1 Å². The van der Waals surface area contributed by atoms with Crippen molar-refractivity contribution >= 4 is 11.6 Å². The third-order valence-electron chi connectivity index (χ3n) is 5.06. The summed E-state index contributed by atoms with van der Waals surface area (Å²) in [5.74, 6) is 2.12. The molecule has 1 saturated heterocycles. The zero-order valence-electron chi connectivity index (χ0n) is 15.9. The second-order valence-electron chi connectivity index (χ2n) is 7.10. The lowest BCUT2D eigenvalue weighted by atomic mass is 10.2. The van der Waals surface area contributed by atoms with Gasteiger partial charge in [0.2, 0.25) is 5.95 Å². The molecule has 0 radical (unpaired) electrons. The highest BCUT2D eigenvalue weighted by Crippen LogP contribution is 2.34. The van der Waals surface area contributed by atoms with Gasteiger partial charge in [-0.3, -0.25) is 4.68 Å². The molecule has 3 aromatic rings. The summed E-state index contributed by atoms with van der Waals surface area (Å²) in [7, 11) is 1.69. The van der Waals surface area contributed by atoms with E-state index in [-0.39, 0.29) is 12.4 Å². The fourth-order valence-corrected chi connectivity index (χ4v) is 3.56. The standard InChI is InChI=1S/C17H21F3N8/c1-10-9-21-11(2)28-15(10)22-13(24-28)6-7-14-23-16(25-26(14)3)27-8-4-5-12(27)17(18,19)20/h9,12H,4-8H2,1-3H3/t12-/m1/s1. The van der Waals surface area contributed by atoms with E-state index in [1.54, 1.807) is 17.8 Å². The largest absolute Gasteiger partial charge is 0.408 e. The molecule has 0 unspecified atom stereocenters. The average Bonchev–Trinajstić information content (AvgIpc) is 3.33. The summed E-state index contributed by atoms with van der Waals surface area (Å²) in [5, 5.41) is 8.69. The van der Waals surface area contributed by atoms with Crippen LogP contribution in [0.3, 0.4) is 0 Å². The van der Waals surface area contributed by atoms with E-state index in [0.717, 1.165) is 17.0 Å². The van der Waals surface area contributed by atoms with Gasteiger partial charge in [0.15, 0.2) is 11.5 Å². The van der Waals surface area contributed by atoms with Gasteiger partial charge in [0.1, 0.15) is 17.7 Å². The Morgan fingerprint density at radius 3 is 2.64 bits per heavy atom. The number of nitrogens with zero attached hydrogens (tertiary/aromatic N) is 8. The second-order valence-corrected chi connectivity index (χ2v) is 7.10. The van der Waals surface area contributed by atoms with Crippen molar-refractivity contribution in [3.63, 3.8) is 0 Å². The van der Waals surface area contributed by atoms with Crippen molar-refractivity contribution in [1.29, 1.82) is 0 Å². The van der Waals surface area contributed by atoms with Crippen molar-refractivity contribution in [2.75, 3.05) is 11.4 Å². The number of anilines is 1. The van der Waals surface area contributed by atoms with Crippen LogP contribution in [0.15, 0.2) is 6.20 Å². The normalized spacial score (nSPS) is 17.8. The fraction of sp³-hybridized carbons (Fsp3) is 0.588. The molecule has 28 heavy (non-hydrogen) atoms. The predicted molar refractivity (Wildman–Crippen MR) is 95.1 cm³/mol. The molecule has 0 bridgehead atoms. The Hall–Kier alpha value is -2.72. The molecule has 0 amide bonds. The molecular weight excluding hydrogens is 373 g/mol. The first kappa shape index (κ1) is 18.6. The van der Waals surface area contributed by atoms with Crippen molar-refractivity contribution in [3.8, 4) is 0 Å². The highest BCUT2D eigenvalue weighted by molar-refractivity contribution is 5.45. The number of fused-ring (bicyclic) bond motifs is 1. The van der Waals surface area contributed by atoms with Crippen LogP contribution < -0.4 is 4.90 Å². The van der Waals surface area contributed by atoms with Gasteiger partial charge in [-0.15, -0.1) is 10.2 Å². The maximum atomic E-state index is 13.2. The van der Waals surface area contributed by atoms with Gasteiger partial charge in [-0.1, -0.05) is 0 Å². The molecule has 8 nitrogen and oxygen atoms in total. The van der Waals surface area contributed by atoms with E-state index in [0.29, 0.717) is 37.5 Å². The van der Waals surface area contributed by atoms with Crippen LogP contribution in [0.5, 0.6) is 0 Å². The Bertz CT molecular complexity index is 967. The van der Waals surface area contributed by atoms with Crippen molar-refractivity contribution in [2.45, 2.75) is 51.7 Å². The minimum Gasteiger partial charge on any atom is -0.327 e. The van der Waals surface area contributed by atoms with E-state index >= 15 is 0 Å². The quantitative estimate of drug-likeness (QED) is 0.675. The Balaban J connectivity index is 1.52. The van der Waals surface area contributed by atoms with E-state index in [1.165, 1.54) is 9.58 Å². The van der Waals surface area contributed by atoms with E-state index in [9.17, 15) is 13.2 Å². The summed E-state index contributed by atoms with van der Waals surface area (Å²) in [6, 6.07) is -1.51. The van der Waals surface area contributed by atoms with Crippen LogP contribution in [-0.2, 0) is 19.9 Å². The zero-order chi connectivity index (χ0) is 20.1. The molecule has 4 rings (SSSR count). The third-order valence-corrected chi connectivity index (χ3v) is 5.06. The molecule has 1 atom stereocenters. The van der Waals surface area contributed by atoms with E-state index < -0.39 is 12.2 Å². The molecule has 0 saturated carbocycles. The van der Waals surface area contributed by atoms with Gasteiger partial charge in [-0.2, -0.15) is 22.7 Å².